The zero-order chi connectivity index (χ0) is 28.4. The second-order valence-corrected chi connectivity index (χ2v) is 10.1. The van der Waals surface area contributed by atoms with E-state index in [2.05, 4.69) is 15.6 Å². The van der Waals surface area contributed by atoms with Crippen LogP contribution < -0.4 is 10.6 Å². The first-order valence-electron chi connectivity index (χ1n) is 13.3. The molecule has 1 atom stereocenters. The maximum absolute atomic E-state index is 13.8. The van der Waals surface area contributed by atoms with Crippen molar-refractivity contribution in [3.8, 4) is 11.4 Å². The minimum atomic E-state index is -4.43. The number of aromatic nitrogens is 3. The second kappa shape index (κ2) is 11.1. The van der Waals surface area contributed by atoms with Crippen molar-refractivity contribution in [2.75, 3.05) is 7.05 Å². The average Bonchev–Trinajstić information content (AvgIpc) is 3.31. The zero-order valence-corrected chi connectivity index (χ0v) is 22.2. The molecule has 7 nitrogen and oxygen atoms in total. The van der Waals surface area contributed by atoms with E-state index in [0.29, 0.717) is 47.2 Å². The molecular weight excluding hydrogens is 519 g/mol. The smallest absolute Gasteiger partial charge is 0.359 e. The number of pyridine rings is 1. The molecule has 10 heteroatoms. The molecule has 208 valence electrons. The van der Waals surface area contributed by atoms with E-state index in [1.807, 2.05) is 29.7 Å². The third-order valence-electron chi connectivity index (χ3n) is 7.49. The van der Waals surface area contributed by atoms with Crippen molar-refractivity contribution in [3.05, 3.63) is 83.7 Å². The summed E-state index contributed by atoms with van der Waals surface area (Å²) in [7, 11) is 1.62. The SMILES string of the molecule is CCC[C@H](NC(=O)c1cccc2nc(-c3cccnc3)n(C3CC(C(=O)NC)C3)c12)c1ccc(C(F)(F)F)cc1. The van der Waals surface area contributed by atoms with Crippen molar-refractivity contribution in [2.24, 2.45) is 5.92 Å². The van der Waals surface area contributed by atoms with Crippen LogP contribution in [0.25, 0.3) is 22.4 Å². The van der Waals surface area contributed by atoms with Crippen molar-refractivity contribution < 1.29 is 22.8 Å². The van der Waals surface area contributed by atoms with Gasteiger partial charge in [-0.15, -0.1) is 0 Å². The summed E-state index contributed by atoms with van der Waals surface area (Å²) < 4.78 is 41.3. The third kappa shape index (κ3) is 5.30. The first-order valence-corrected chi connectivity index (χ1v) is 13.3. The molecule has 2 heterocycles. The summed E-state index contributed by atoms with van der Waals surface area (Å²) in [6.45, 7) is 1.96. The van der Waals surface area contributed by atoms with Gasteiger partial charge in [0.1, 0.15) is 5.82 Å². The highest BCUT2D eigenvalue weighted by Gasteiger charge is 2.38. The number of benzene rings is 2. The van der Waals surface area contributed by atoms with E-state index >= 15 is 0 Å². The highest BCUT2D eigenvalue weighted by molar-refractivity contribution is 6.06. The molecule has 1 aliphatic rings. The lowest BCUT2D eigenvalue weighted by molar-refractivity contribution is -0.137. The molecule has 0 aliphatic heterocycles. The Kier molecular flexibility index (Phi) is 7.60. The fourth-order valence-corrected chi connectivity index (χ4v) is 5.35. The minimum Gasteiger partial charge on any atom is -0.359 e. The largest absolute Gasteiger partial charge is 0.416 e. The number of imidazole rings is 1. The summed E-state index contributed by atoms with van der Waals surface area (Å²) in [5.41, 5.74) is 2.37. The molecule has 0 bridgehead atoms. The molecule has 0 spiro atoms. The van der Waals surface area contributed by atoms with Crippen LogP contribution in [0.1, 0.15) is 66.2 Å². The number of carbonyl (C=O) groups excluding carboxylic acids is 2. The Morgan fingerprint density at radius 3 is 2.45 bits per heavy atom. The van der Waals surface area contributed by atoms with Gasteiger partial charge in [0.2, 0.25) is 5.91 Å². The third-order valence-corrected chi connectivity index (χ3v) is 7.49. The summed E-state index contributed by atoms with van der Waals surface area (Å²) >= 11 is 0. The molecular formula is C30H30F3N5O2. The lowest BCUT2D eigenvalue weighted by Gasteiger charge is -2.36. The fourth-order valence-electron chi connectivity index (χ4n) is 5.35. The number of fused-ring (bicyclic) bond motifs is 1. The maximum atomic E-state index is 13.8. The number of halogens is 3. The molecule has 1 saturated carbocycles. The van der Waals surface area contributed by atoms with Gasteiger partial charge in [-0.05, 0) is 61.2 Å². The van der Waals surface area contributed by atoms with Crippen LogP contribution >= 0.6 is 0 Å². The quantitative estimate of drug-likeness (QED) is 0.279. The number of carbonyl (C=O) groups is 2. The second-order valence-electron chi connectivity index (χ2n) is 10.1. The van der Waals surface area contributed by atoms with Gasteiger partial charge in [0.15, 0.2) is 0 Å². The van der Waals surface area contributed by atoms with Gasteiger partial charge < -0.3 is 15.2 Å². The molecule has 40 heavy (non-hydrogen) atoms. The maximum Gasteiger partial charge on any atom is 0.416 e. The van der Waals surface area contributed by atoms with Crippen molar-refractivity contribution in [1.82, 2.24) is 25.2 Å². The van der Waals surface area contributed by atoms with Gasteiger partial charge in [-0.3, -0.25) is 14.6 Å². The topological polar surface area (TPSA) is 88.9 Å². The van der Waals surface area contributed by atoms with Crippen molar-refractivity contribution in [3.63, 3.8) is 0 Å². The molecule has 0 unspecified atom stereocenters. The van der Waals surface area contributed by atoms with Gasteiger partial charge in [-0.1, -0.05) is 31.5 Å². The molecule has 4 aromatic rings. The first kappa shape index (κ1) is 27.4. The fraction of sp³-hybridized carbons (Fsp3) is 0.333. The number of alkyl halides is 3. The van der Waals surface area contributed by atoms with Crippen molar-refractivity contribution >= 4 is 22.8 Å². The Bertz CT molecular complexity index is 1510. The lowest BCUT2D eigenvalue weighted by atomic mass is 9.79. The van der Waals surface area contributed by atoms with E-state index < -0.39 is 17.8 Å². The molecule has 2 aromatic heterocycles. The first-order chi connectivity index (χ1) is 19.2. The van der Waals surface area contributed by atoms with Crippen LogP contribution in [0.5, 0.6) is 0 Å². The van der Waals surface area contributed by atoms with E-state index in [1.54, 1.807) is 31.6 Å². The number of hydrogen-bond acceptors (Lipinski definition) is 4. The summed E-state index contributed by atoms with van der Waals surface area (Å²) in [6, 6.07) is 13.5. The molecule has 2 N–H and O–H groups in total. The Balaban J connectivity index is 1.52. The van der Waals surface area contributed by atoms with Gasteiger partial charge in [-0.25, -0.2) is 4.98 Å². The van der Waals surface area contributed by atoms with E-state index in [-0.39, 0.29) is 23.8 Å². The predicted molar refractivity (Wildman–Crippen MR) is 145 cm³/mol. The molecule has 0 radical (unpaired) electrons. The van der Waals surface area contributed by atoms with Crippen LogP contribution in [0.2, 0.25) is 0 Å². The van der Waals surface area contributed by atoms with Crippen LogP contribution in [-0.2, 0) is 11.0 Å². The molecule has 5 rings (SSSR count). The molecule has 0 saturated heterocycles. The number of nitrogens with one attached hydrogen (secondary N) is 2. The predicted octanol–water partition coefficient (Wildman–Crippen LogP) is 6.09. The van der Waals surface area contributed by atoms with Gasteiger partial charge in [-0.2, -0.15) is 13.2 Å². The van der Waals surface area contributed by atoms with Crippen LogP contribution in [0.3, 0.4) is 0 Å². The summed E-state index contributed by atoms with van der Waals surface area (Å²) in [4.78, 5) is 35.1. The number of para-hydroxylation sites is 1. The van der Waals surface area contributed by atoms with Crippen molar-refractivity contribution in [1.29, 1.82) is 0 Å². The Morgan fingerprint density at radius 1 is 1.07 bits per heavy atom. The summed E-state index contributed by atoms with van der Waals surface area (Å²) in [5, 5.41) is 5.76. The Morgan fingerprint density at radius 2 is 1.82 bits per heavy atom. The van der Waals surface area contributed by atoms with Gasteiger partial charge >= 0.3 is 6.18 Å². The highest BCUT2D eigenvalue weighted by Crippen LogP contribution is 2.43. The molecule has 1 aliphatic carbocycles. The van der Waals surface area contributed by atoms with Gasteiger partial charge in [0.05, 0.1) is 28.2 Å². The number of amides is 2. The molecule has 2 amide bonds. The average molecular weight is 550 g/mol. The van der Waals surface area contributed by atoms with Crippen molar-refractivity contribution in [2.45, 2.75) is 50.9 Å². The molecule has 1 fully saturated rings. The summed E-state index contributed by atoms with van der Waals surface area (Å²) in [5.74, 6) is 0.186. The Hall–Kier alpha value is -4.21. The summed E-state index contributed by atoms with van der Waals surface area (Å²) in [6.07, 6.45) is 1.47. The number of hydrogen-bond donors (Lipinski definition) is 2. The standard InChI is InChI=1S/C30H30F3N5O2/c1-3-6-24(18-10-12-21(13-11-18)30(31,32)33)37-29(40)23-8-4-9-25-26(23)38(22-15-20(16-22)28(39)34-2)27(36-25)19-7-5-14-35-17-19/h4-5,7-14,17,20,22,24H,3,6,15-16H2,1-2H3,(H,34,39)(H,37,40)/t20?,22?,24-/m0/s1. The van der Waals surface area contributed by atoms with E-state index in [1.165, 1.54) is 12.1 Å². The minimum absolute atomic E-state index is 0.0134. The van der Waals surface area contributed by atoms with Gasteiger partial charge in [0.25, 0.3) is 5.91 Å². The number of nitrogens with zero attached hydrogens (tertiary/aromatic N) is 3. The molecule has 2 aromatic carbocycles. The van der Waals surface area contributed by atoms with Crippen LogP contribution in [0.4, 0.5) is 13.2 Å². The highest BCUT2D eigenvalue weighted by atomic mass is 19.4. The van der Waals surface area contributed by atoms with Crippen LogP contribution in [0, 0.1) is 5.92 Å². The van der Waals surface area contributed by atoms with E-state index in [0.717, 1.165) is 24.1 Å². The van der Waals surface area contributed by atoms with E-state index in [4.69, 9.17) is 4.98 Å². The van der Waals surface area contributed by atoms with E-state index in [9.17, 15) is 22.8 Å². The van der Waals surface area contributed by atoms with Crippen LogP contribution in [-0.4, -0.2) is 33.4 Å². The number of rotatable bonds is 8. The normalized spacial score (nSPS) is 17.7. The zero-order valence-electron chi connectivity index (χ0n) is 22.2. The lowest BCUT2D eigenvalue weighted by Crippen LogP contribution is -2.38. The van der Waals surface area contributed by atoms with Gasteiger partial charge in [0, 0.05) is 37.0 Å². The Labute approximate surface area is 229 Å². The monoisotopic (exact) mass is 549 g/mol. The van der Waals surface area contributed by atoms with Crippen LogP contribution in [0.15, 0.2) is 67.0 Å².